The molecule has 4 aromatic rings. The second-order valence-corrected chi connectivity index (χ2v) is 14.2. The van der Waals surface area contributed by atoms with Gasteiger partial charge in [-0.15, -0.1) is 0 Å². The molecule has 0 saturated heterocycles. The standard InChI is InChI=1S/C37H43N5O7S/c1-24-20-42(25(2)23-43)37(45)30-8-7-11-33(40-50(46,47)29-18-16-28(48-4)17-19-29)35(30)49-34(24)22-41(3)21-26-12-14-27(15-13-26)36(44)39-32-10-6-5-9-31(32)38/h5-19,24-25,34,40,43H,20-23,38H2,1-4H3,(H,39,44)/t24-,25+,34+/m1/s1. The maximum Gasteiger partial charge on any atom is 0.262 e. The van der Waals surface area contributed by atoms with E-state index in [2.05, 4.69) is 14.9 Å². The van der Waals surface area contributed by atoms with Crippen LogP contribution in [-0.4, -0.2) is 81.1 Å². The molecule has 0 unspecified atom stereocenters. The van der Waals surface area contributed by atoms with Crippen molar-refractivity contribution < 1.29 is 32.6 Å². The van der Waals surface area contributed by atoms with E-state index in [0.29, 0.717) is 42.3 Å². The van der Waals surface area contributed by atoms with E-state index in [4.69, 9.17) is 15.2 Å². The summed E-state index contributed by atoms with van der Waals surface area (Å²) < 4.78 is 41.3. The van der Waals surface area contributed by atoms with E-state index < -0.39 is 22.2 Å². The first-order valence-corrected chi connectivity index (χ1v) is 17.7. The second kappa shape index (κ2) is 15.6. The predicted molar refractivity (Wildman–Crippen MR) is 193 cm³/mol. The van der Waals surface area contributed by atoms with Gasteiger partial charge in [0.2, 0.25) is 0 Å². The number of nitrogens with two attached hydrogens (primary N) is 1. The Labute approximate surface area is 292 Å². The molecule has 0 aromatic heterocycles. The highest BCUT2D eigenvalue weighted by Crippen LogP contribution is 2.36. The van der Waals surface area contributed by atoms with Gasteiger partial charge >= 0.3 is 0 Å². The minimum absolute atomic E-state index is 0.0148. The van der Waals surface area contributed by atoms with Gasteiger partial charge in [0.1, 0.15) is 11.9 Å². The van der Waals surface area contributed by atoms with E-state index in [1.54, 1.807) is 78.6 Å². The summed E-state index contributed by atoms with van der Waals surface area (Å²) >= 11 is 0. The van der Waals surface area contributed by atoms with Gasteiger partial charge in [-0.1, -0.05) is 37.3 Å². The molecular formula is C37H43N5O7S. The third kappa shape index (κ3) is 8.36. The highest BCUT2D eigenvalue weighted by molar-refractivity contribution is 7.92. The van der Waals surface area contributed by atoms with Crippen molar-refractivity contribution in [2.45, 2.75) is 37.4 Å². The second-order valence-electron chi connectivity index (χ2n) is 12.5. The molecule has 1 aliphatic heterocycles. The lowest BCUT2D eigenvalue weighted by molar-refractivity contribution is 0.0344. The number of aliphatic hydroxyl groups excluding tert-OH is 1. The average molecular weight is 702 g/mol. The number of carbonyl (C=O) groups is 2. The summed E-state index contributed by atoms with van der Waals surface area (Å²) in [7, 11) is -0.634. The van der Waals surface area contributed by atoms with Gasteiger partial charge in [0, 0.05) is 31.1 Å². The van der Waals surface area contributed by atoms with Crippen molar-refractivity contribution in [3.05, 3.63) is 108 Å². The molecule has 0 spiro atoms. The number of sulfonamides is 1. The summed E-state index contributed by atoms with van der Waals surface area (Å²) in [4.78, 5) is 30.4. The van der Waals surface area contributed by atoms with Crippen molar-refractivity contribution in [2.24, 2.45) is 5.92 Å². The minimum atomic E-state index is -4.06. The summed E-state index contributed by atoms with van der Waals surface area (Å²) in [5.74, 6) is -0.218. The summed E-state index contributed by atoms with van der Waals surface area (Å²) in [5.41, 5.74) is 8.74. The van der Waals surface area contributed by atoms with Crippen molar-refractivity contribution in [1.82, 2.24) is 9.80 Å². The van der Waals surface area contributed by atoms with E-state index in [9.17, 15) is 23.1 Å². The highest BCUT2D eigenvalue weighted by atomic mass is 32.2. The highest BCUT2D eigenvalue weighted by Gasteiger charge is 2.35. The van der Waals surface area contributed by atoms with E-state index in [1.807, 2.05) is 26.1 Å². The maximum atomic E-state index is 13.9. The van der Waals surface area contributed by atoms with Crippen LogP contribution in [-0.2, 0) is 16.6 Å². The molecule has 0 saturated carbocycles. The molecule has 5 N–H and O–H groups in total. The molecule has 1 aliphatic rings. The van der Waals surface area contributed by atoms with Crippen LogP contribution in [0.4, 0.5) is 17.1 Å². The van der Waals surface area contributed by atoms with Crippen molar-refractivity contribution in [1.29, 1.82) is 0 Å². The van der Waals surface area contributed by atoms with Crippen LogP contribution in [0.2, 0.25) is 0 Å². The number of fused-ring (bicyclic) bond motifs is 1. The molecule has 3 atom stereocenters. The van der Waals surface area contributed by atoms with Crippen molar-refractivity contribution in [3.8, 4) is 11.5 Å². The van der Waals surface area contributed by atoms with Crippen molar-refractivity contribution >= 4 is 38.9 Å². The molecule has 13 heteroatoms. The quantitative estimate of drug-likeness (QED) is 0.154. The molecule has 0 aliphatic carbocycles. The number of hydrogen-bond donors (Lipinski definition) is 4. The van der Waals surface area contributed by atoms with Gasteiger partial charge in [-0.25, -0.2) is 8.42 Å². The molecule has 1 heterocycles. The fourth-order valence-corrected chi connectivity index (χ4v) is 6.81. The lowest BCUT2D eigenvalue weighted by Gasteiger charge is -2.38. The van der Waals surface area contributed by atoms with E-state index in [1.165, 1.54) is 19.2 Å². The summed E-state index contributed by atoms with van der Waals surface area (Å²) in [6.07, 6.45) is -0.478. The third-order valence-electron chi connectivity index (χ3n) is 8.67. The number of likely N-dealkylation sites (N-methyl/N-ethyl adjacent to an activating group) is 1. The number of nitrogens with one attached hydrogen (secondary N) is 2. The topological polar surface area (TPSA) is 164 Å². The monoisotopic (exact) mass is 701 g/mol. The molecule has 4 aromatic carbocycles. The van der Waals surface area contributed by atoms with Gasteiger partial charge in [0.25, 0.3) is 21.8 Å². The molecule has 0 fully saturated rings. The Morgan fingerprint density at radius 3 is 2.38 bits per heavy atom. The number of nitrogens with zero attached hydrogens (tertiary/aromatic N) is 2. The predicted octanol–water partition coefficient (Wildman–Crippen LogP) is 4.68. The first-order chi connectivity index (χ1) is 23.9. The first-order valence-electron chi connectivity index (χ1n) is 16.2. The molecule has 2 amide bonds. The Balaban J connectivity index is 1.37. The number of anilines is 3. The summed E-state index contributed by atoms with van der Waals surface area (Å²) in [6, 6.07) is 24.6. The van der Waals surface area contributed by atoms with Crippen LogP contribution in [0.3, 0.4) is 0 Å². The fraction of sp³-hybridized carbons (Fsp3) is 0.297. The van der Waals surface area contributed by atoms with Gasteiger partial charge < -0.3 is 30.5 Å². The zero-order valence-corrected chi connectivity index (χ0v) is 29.3. The Hall–Kier alpha value is -5.11. The Kier molecular flexibility index (Phi) is 11.3. The average Bonchev–Trinajstić information content (AvgIpc) is 3.10. The van der Waals surface area contributed by atoms with Crippen LogP contribution in [0.1, 0.15) is 40.1 Å². The largest absolute Gasteiger partial charge is 0.497 e. The molecule has 264 valence electrons. The number of carbonyl (C=O) groups excluding carboxylic acids is 2. The molecule has 50 heavy (non-hydrogen) atoms. The Morgan fingerprint density at radius 2 is 1.72 bits per heavy atom. The van der Waals surface area contributed by atoms with Crippen molar-refractivity contribution in [3.63, 3.8) is 0 Å². The number of rotatable bonds is 12. The normalized spacial score (nSPS) is 16.8. The van der Waals surface area contributed by atoms with Crippen LogP contribution in [0.15, 0.2) is 95.9 Å². The number of nitrogen functional groups attached to an aromatic ring is 1. The minimum Gasteiger partial charge on any atom is -0.497 e. The Bertz CT molecular complexity index is 1920. The summed E-state index contributed by atoms with van der Waals surface area (Å²) in [6.45, 7) is 4.75. The number of methoxy groups -OCH3 is 1. The molecule has 5 rings (SSSR count). The van der Waals surface area contributed by atoms with E-state index >= 15 is 0 Å². The van der Waals surface area contributed by atoms with Crippen LogP contribution in [0.5, 0.6) is 11.5 Å². The first kappa shape index (κ1) is 36.2. The number of para-hydroxylation sites is 3. The van der Waals surface area contributed by atoms with Gasteiger partial charge in [-0.3, -0.25) is 19.2 Å². The number of ether oxygens (including phenoxy) is 2. The zero-order chi connectivity index (χ0) is 36.0. The number of hydrogen-bond acceptors (Lipinski definition) is 9. The van der Waals surface area contributed by atoms with Crippen LogP contribution < -0.4 is 25.2 Å². The molecule has 0 radical (unpaired) electrons. The molecule has 0 bridgehead atoms. The van der Waals surface area contributed by atoms with Crippen LogP contribution >= 0.6 is 0 Å². The number of amides is 2. The summed E-state index contributed by atoms with van der Waals surface area (Å²) in [5, 5.41) is 12.9. The van der Waals surface area contributed by atoms with Crippen molar-refractivity contribution in [2.75, 3.05) is 49.6 Å². The van der Waals surface area contributed by atoms with E-state index in [0.717, 1.165) is 5.56 Å². The zero-order valence-electron chi connectivity index (χ0n) is 28.5. The number of aliphatic hydroxyl groups is 1. The lowest BCUT2D eigenvalue weighted by Crippen LogP contribution is -2.49. The van der Waals surface area contributed by atoms with E-state index in [-0.39, 0.29) is 46.2 Å². The fourth-order valence-electron chi connectivity index (χ4n) is 5.75. The van der Waals surface area contributed by atoms with Crippen LogP contribution in [0.25, 0.3) is 0 Å². The van der Waals surface area contributed by atoms with Crippen LogP contribution in [0, 0.1) is 5.92 Å². The SMILES string of the molecule is COc1ccc(S(=O)(=O)Nc2cccc3c2O[C@@H](CN(C)Cc2ccc(C(=O)Nc4ccccc4N)cc2)[C@H](C)CN([C@@H](C)CO)C3=O)cc1. The Morgan fingerprint density at radius 1 is 1.04 bits per heavy atom. The van der Waals surface area contributed by atoms with Gasteiger partial charge in [0.15, 0.2) is 5.75 Å². The maximum absolute atomic E-state index is 13.9. The third-order valence-corrected chi connectivity index (χ3v) is 10.1. The smallest absolute Gasteiger partial charge is 0.262 e. The number of benzene rings is 4. The molecule has 12 nitrogen and oxygen atoms in total. The van der Waals surface area contributed by atoms with Gasteiger partial charge in [0.05, 0.1) is 47.3 Å². The molecular weight excluding hydrogens is 659 g/mol. The van der Waals surface area contributed by atoms with Gasteiger partial charge in [-0.2, -0.15) is 0 Å². The lowest BCUT2D eigenvalue weighted by atomic mass is 9.99. The van der Waals surface area contributed by atoms with Gasteiger partial charge in [-0.05, 0) is 80.2 Å².